The summed E-state index contributed by atoms with van der Waals surface area (Å²) in [5.41, 5.74) is 0. The van der Waals surface area contributed by atoms with E-state index in [1.54, 1.807) is 4.90 Å². The Hall–Kier alpha value is -0.110. The summed E-state index contributed by atoms with van der Waals surface area (Å²) < 4.78 is 0. The van der Waals surface area contributed by atoms with E-state index >= 15 is 0 Å². The first kappa shape index (κ1) is 10.8. The van der Waals surface area contributed by atoms with E-state index in [2.05, 4.69) is 21.0 Å². The molecule has 0 fully saturated rings. The lowest BCUT2D eigenvalue weighted by Crippen LogP contribution is -3.05. The quantitative estimate of drug-likeness (QED) is 0.404. The van der Waals surface area contributed by atoms with Gasteiger partial charge in [0, 0.05) is 0 Å². The van der Waals surface area contributed by atoms with E-state index in [9.17, 15) is 0 Å². The molecule has 0 saturated heterocycles. The summed E-state index contributed by atoms with van der Waals surface area (Å²) in [6, 6.07) is 0. The number of halogens is 1. The molecule has 8 heavy (non-hydrogen) atoms. The molecule has 1 nitrogen and oxygen atoms in total. The Labute approximate surface area is 51.1 Å². The maximum atomic E-state index is 2.23. The highest BCUT2D eigenvalue weighted by atomic mass is 19.0. The summed E-state index contributed by atoms with van der Waals surface area (Å²) >= 11 is 0. The summed E-state index contributed by atoms with van der Waals surface area (Å²) in [4.78, 5) is 1.56. The lowest BCUT2D eigenvalue weighted by Gasteiger charge is -2.03. The van der Waals surface area contributed by atoms with E-state index in [-0.39, 0.29) is 4.70 Å². The van der Waals surface area contributed by atoms with Crippen molar-refractivity contribution in [2.75, 3.05) is 20.6 Å². The van der Waals surface area contributed by atoms with Gasteiger partial charge in [-0.25, -0.2) is 0 Å². The fourth-order valence-corrected chi connectivity index (χ4v) is 0.530. The minimum Gasteiger partial charge on any atom is -1.00 e. The molecule has 0 saturated carbocycles. The molecule has 0 aromatic heterocycles. The first-order valence-electron chi connectivity index (χ1n) is 3.06. The van der Waals surface area contributed by atoms with Crippen LogP contribution in [0.3, 0.4) is 0 Å². The maximum Gasteiger partial charge on any atom is 0.0766 e. The molecule has 0 aliphatic rings. The largest absolute Gasteiger partial charge is 1.00 e. The van der Waals surface area contributed by atoms with Crippen molar-refractivity contribution in [3.05, 3.63) is 0 Å². The van der Waals surface area contributed by atoms with Crippen molar-refractivity contribution < 1.29 is 9.60 Å². The molecule has 0 aliphatic carbocycles. The monoisotopic (exact) mass is 121 g/mol. The highest BCUT2D eigenvalue weighted by Crippen LogP contribution is 1.77. The molecule has 1 N–H and O–H groups in total. The van der Waals surface area contributed by atoms with Gasteiger partial charge in [0.15, 0.2) is 0 Å². The van der Waals surface area contributed by atoms with Crippen LogP contribution in [0.5, 0.6) is 0 Å². The maximum absolute atomic E-state index is 2.23. The van der Waals surface area contributed by atoms with Crippen LogP contribution in [-0.2, 0) is 0 Å². The van der Waals surface area contributed by atoms with Gasteiger partial charge in [-0.3, -0.25) is 0 Å². The Bertz CT molecular complexity index is 37.5. The minimum atomic E-state index is 0. The zero-order valence-corrected chi connectivity index (χ0v) is 6.00. The van der Waals surface area contributed by atoms with Crippen LogP contribution in [0.2, 0.25) is 0 Å². The van der Waals surface area contributed by atoms with Gasteiger partial charge < -0.3 is 9.60 Å². The smallest absolute Gasteiger partial charge is 0.0766 e. The van der Waals surface area contributed by atoms with E-state index in [0.717, 1.165) is 0 Å². The molecule has 52 valence electrons. The molecule has 0 atom stereocenters. The molecule has 0 bridgehead atoms. The number of quaternary nitrogens is 1. The number of rotatable bonds is 3. The average Bonchev–Trinajstić information content (AvgIpc) is 1.61. The highest BCUT2D eigenvalue weighted by Gasteiger charge is 1.87. The van der Waals surface area contributed by atoms with Crippen LogP contribution in [0.1, 0.15) is 19.8 Å². The van der Waals surface area contributed by atoms with Gasteiger partial charge >= 0.3 is 0 Å². The molecule has 0 spiro atoms. The Morgan fingerprint density at radius 3 is 1.88 bits per heavy atom. The van der Waals surface area contributed by atoms with Crippen LogP contribution < -0.4 is 9.60 Å². The molecule has 0 unspecified atom stereocenters. The molecule has 2 heteroatoms. The molecule has 0 aromatic rings. The third-order valence-corrected chi connectivity index (χ3v) is 1.03. The zero-order valence-electron chi connectivity index (χ0n) is 6.00. The molecule has 0 heterocycles. The van der Waals surface area contributed by atoms with E-state index in [1.165, 1.54) is 19.4 Å². The summed E-state index contributed by atoms with van der Waals surface area (Å²) in [7, 11) is 4.38. The second kappa shape index (κ2) is 6.89. The van der Waals surface area contributed by atoms with Gasteiger partial charge in [0.1, 0.15) is 0 Å². The van der Waals surface area contributed by atoms with Gasteiger partial charge in [-0.1, -0.05) is 13.3 Å². The van der Waals surface area contributed by atoms with Gasteiger partial charge in [0.2, 0.25) is 0 Å². The summed E-state index contributed by atoms with van der Waals surface area (Å²) in [5, 5.41) is 0. The normalized spacial score (nSPS) is 9.00. The standard InChI is InChI=1S/C6H15N.FH/c1-4-5-6-7(2)3;/h4-6H2,1-3H3;1H. The van der Waals surface area contributed by atoms with Crippen LogP contribution in [0.15, 0.2) is 0 Å². The molecule has 0 radical (unpaired) electrons. The Kier molecular flexibility index (Phi) is 9.30. The predicted octanol–water partition coefficient (Wildman–Crippen LogP) is -3.06. The van der Waals surface area contributed by atoms with Crippen molar-refractivity contribution in [1.82, 2.24) is 0 Å². The van der Waals surface area contributed by atoms with Gasteiger partial charge in [-0.2, -0.15) is 0 Å². The second-order valence-electron chi connectivity index (χ2n) is 2.31. The van der Waals surface area contributed by atoms with Crippen LogP contribution in [-0.4, -0.2) is 20.6 Å². The van der Waals surface area contributed by atoms with Crippen LogP contribution in [0, 0.1) is 0 Å². The Morgan fingerprint density at radius 2 is 1.75 bits per heavy atom. The Morgan fingerprint density at radius 1 is 1.25 bits per heavy atom. The number of unbranched alkanes of at least 4 members (excludes halogenated alkanes) is 1. The third kappa shape index (κ3) is 9.31. The van der Waals surface area contributed by atoms with Crippen LogP contribution in [0.25, 0.3) is 0 Å². The topological polar surface area (TPSA) is 4.44 Å². The van der Waals surface area contributed by atoms with Crippen molar-refractivity contribution in [1.29, 1.82) is 0 Å². The SMILES string of the molecule is CCCC[NH+](C)C.[F-]. The highest BCUT2D eigenvalue weighted by molar-refractivity contribution is 4.24. The predicted molar refractivity (Wildman–Crippen MR) is 32.6 cm³/mol. The molecule has 0 aromatic carbocycles. The van der Waals surface area contributed by atoms with E-state index in [0.29, 0.717) is 0 Å². The molecular weight excluding hydrogens is 105 g/mol. The molecule has 0 amide bonds. The molecule has 0 rings (SSSR count). The minimum absolute atomic E-state index is 0. The van der Waals surface area contributed by atoms with E-state index in [4.69, 9.17) is 0 Å². The van der Waals surface area contributed by atoms with Crippen LogP contribution in [0.4, 0.5) is 0 Å². The van der Waals surface area contributed by atoms with Crippen molar-refractivity contribution in [2.45, 2.75) is 19.8 Å². The lowest BCUT2D eigenvalue weighted by molar-refractivity contribution is -0.858. The number of nitrogens with one attached hydrogen (secondary N) is 1. The summed E-state index contributed by atoms with van der Waals surface area (Å²) in [6.45, 7) is 3.54. The Balaban J connectivity index is 0. The average molecular weight is 121 g/mol. The van der Waals surface area contributed by atoms with Crippen molar-refractivity contribution in [3.63, 3.8) is 0 Å². The van der Waals surface area contributed by atoms with Crippen molar-refractivity contribution in [3.8, 4) is 0 Å². The van der Waals surface area contributed by atoms with Gasteiger partial charge in [-0.05, 0) is 6.42 Å². The molecule has 0 aliphatic heterocycles. The first-order valence-corrected chi connectivity index (χ1v) is 3.06. The van der Waals surface area contributed by atoms with Gasteiger partial charge in [0.05, 0.1) is 20.6 Å². The van der Waals surface area contributed by atoms with E-state index in [1.807, 2.05) is 0 Å². The van der Waals surface area contributed by atoms with Crippen LogP contribution >= 0.6 is 0 Å². The van der Waals surface area contributed by atoms with Crippen molar-refractivity contribution >= 4 is 0 Å². The fourth-order valence-electron chi connectivity index (χ4n) is 0.530. The summed E-state index contributed by atoms with van der Waals surface area (Å²) in [5.74, 6) is 0. The van der Waals surface area contributed by atoms with Crippen molar-refractivity contribution in [2.24, 2.45) is 0 Å². The number of hydrogen-bond acceptors (Lipinski definition) is 0. The third-order valence-electron chi connectivity index (χ3n) is 1.03. The first-order chi connectivity index (χ1) is 3.27. The lowest BCUT2D eigenvalue weighted by atomic mass is 10.3. The van der Waals surface area contributed by atoms with E-state index < -0.39 is 0 Å². The fraction of sp³-hybridized carbons (Fsp3) is 1.00. The van der Waals surface area contributed by atoms with Gasteiger partial charge in [0.25, 0.3) is 0 Å². The molecular formula is C6H16FN. The zero-order chi connectivity index (χ0) is 5.70. The van der Waals surface area contributed by atoms with Gasteiger partial charge in [-0.15, -0.1) is 0 Å². The number of hydrogen-bond donors (Lipinski definition) is 1. The second-order valence-corrected chi connectivity index (χ2v) is 2.31. The summed E-state index contributed by atoms with van der Waals surface area (Å²) in [6.07, 6.45) is 2.69.